The Bertz CT molecular complexity index is 1070. The van der Waals surface area contributed by atoms with Crippen LogP contribution in [0.1, 0.15) is 23.7 Å². The van der Waals surface area contributed by atoms with Gasteiger partial charge in [0.1, 0.15) is 0 Å². The van der Waals surface area contributed by atoms with E-state index in [1.807, 2.05) is 6.08 Å². The van der Waals surface area contributed by atoms with Gasteiger partial charge in [-0.3, -0.25) is 0 Å². The van der Waals surface area contributed by atoms with Gasteiger partial charge in [-0.05, 0) is 55.1 Å². The summed E-state index contributed by atoms with van der Waals surface area (Å²) >= 11 is 0. The van der Waals surface area contributed by atoms with Crippen LogP contribution in [0.2, 0.25) is 0 Å². The molecule has 0 saturated heterocycles. The maximum Gasteiger partial charge on any atom is 0.215 e. The summed E-state index contributed by atoms with van der Waals surface area (Å²) in [4.78, 5) is 2.38. The molecule has 2 heteroatoms. The van der Waals surface area contributed by atoms with Gasteiger partial charge in [-0.25, -0.2) is 0 Å². The van der Waals surface area contributed by atoms with Crippen LogP contribution < -0.4 is 9.47 Å². The predicted molar refractivity (Wildman–Crippen MR) is 116 cm³/mol. The number of nitrogens with zero attached hydrogens (tertiary/aromatic N) is 2. The van der Waals surface area contributed by atoms with Gasteiger partial charge in [-0.1, -0.05) is 42.5 Å². The van der Waals surface area contributed by atoms with Crippen molar-refractivity contribution in [1.82, 2.24) is 0 Å². The van der Waals surface area contributed by atoms with Crippen LogP contribution in [0.5, 0.6) is 0 Å². The molecule has 134 valence electrons. The van der Waals surface area contributed by atoms with E-state index < -0.39 is 0 Å². The summed E-state index contributed by atoms with van der Waals surface area (Å²) in [5.41, 5.74) is 6.27. The zero-order chi connectivity index (χ0) is 18.8. The molecular formula is C25H25N2+. The third kappa shape index (κ3) is 3.19. The van der Waals surface area contributed by atoms with Gasteiger partial charge < -0.3 is 4.90 Å². The van der Waals surface area contributed by atoms with Gasteiger partial charge in [0.25, 0.3) is 0 Å². The molecule has 0 spiro atoms. The molecule has 0 radical (unpaired) electrons. The summed E-state index contributed by atoms with van der Waals surface area (Å²) in [5.74, 6) is 0. The van der Waals surface area contributed by atoms with Crippen molar-refractivity contribution in [3.8, 4) is 0 Å². The zero-order valence-electron chi connectivity index (χ0n) is 16.0. The maximum atomic E-state index is 3.93. The Kier molecular flexibility index (Phi) is 4.64. The van der Waals surface area contributed by atoms with Gasteiger partial charge in [-0.15, -0.1) is 0 Å². The van der Waals surface area contributed by atoms with E-state index in [0.717, 1.165) is 13.1 Å². The molecule has 4 rings (SSSR count). The lowest BCUT2D eigenvalue weighted by Crippen LogP contribution is -2.36. The van der Waals surface area contributed by atoms with Gasteiger partial charge in [0.2, 0.25) is 5.69 Å². The lowest BCUT2D eigenvalue weighted by Gasteiger charge is -2.29. The van der Waals surface area contributed by atoms with Crippen LogP contribution in [0, 0.1) is 6.92 Å². The van der Waals surface area contributed by atoms with Crippen molar-refractivity contribution in [2.24, 2.45) is 0 Å². The van der Waals surface area contributed by atoms with E-state index in [1.54, 1.807) is 0 Å². The first-order valence-electron chi connectivity index (χ1n) is 9.51. The highest BCUT2D eigenvalue weighted by Gasteiger charge is 2.19. The second-order valence-corrected chi connectivity index (χ2v) is 6.94. The van der Waals surface area contributed by atoms with Crippen molar-refractivity contribution in [3.05, 3.63) is 96.0 Å². The van der Waals surface area contributed by atoms with E-state index in [-0.39, 0.29) is 0 Å². The van der Waals surface area contributed by atoms with Crippen molar-refractivity contribution in [2.75, 3.05) is 11.4 Å². The third-order valence-electron chi connectivity index (χ3n) is 5.13. The van der Waals surface area contributed by atoms with Gasteiger partial charge >= 0.3 is 0 Å². The van der Waals surface area contributed by atoms with E-state index in [9.17, 15) is 0 Å². The minimum atomic E-state index is 0.787. The molecule has 0 amide bonds. The monoisotopic (exact) mass is 353 g/mol. The van der Waals surface area contributed by atoms with Crippen LogP contribution in [0.15, 0.2) is 79.2 Å². The topological polar surface area (TPSA) is 7.12 Å². The number of likely N-dealkylation sites (N-methyl/N-ethyl adjacent to an activating group) is 1. The largest absolute Gasteiger partial charge is 0.341 e. The minimum Gasteiger partial charge on any atom is -0.341 e. The van der Waals surface area contributed by atoms with Crippen LogP contribution >= 0.6 is 0 Å². The molecule has 1 aliphatic rings. The highest BCUT2D eigenvalue weighted by atomic mass is 15.1. The summed E-state index contributed by atoms with van der Waals surface area (Å²) < 4.78 is 2.26. The Hall–Kier alpha value is -3.13. The normalized spacial score (nSPS) is 14.6. The molecule has 2 nitrogen and oxygen atoms in total. The number of benzene rings is 2. The molecule has 1 aromatic heterocycles. The summed E-state index contributed by atoms with van der Waals surface area (Å²) in [6, 6.07) is 17.4. The summed E-state index contributed by atoms with van der Waals surface area (Å²) in [5, 5.41) is 2.51. The highest BCUT2D eigenvalue weighted by Crippen LogP contribution is 2.32. The number of aryl methyl sites for hydroxylation is 1. The molecule has 0 aliphatic carbocycles. The second-order valence-electron chi connectivity index (χ2n) is 6.94. The summed E-state index contributed by atoms with van der Waals surface area (Å²) in [6.07, 6.45) is 10.9. The Morgan fingerprint density at radius 2 is 1.93 bits per heavy atom. The van der Waals surface area contributed by atoms with Gasteiger partial charge in [0, 0.05) is 30.1 Å². The Balaban J connectivity index is 1.90. The standard InChI is InChI=1S/C25H25N2/c1-4-15-26-16-14-20-8-6-7-9-23(20)25(26)18-22-12-11-21-17-19(3)10-13-24(21)27(22)5-2/h4,6-14,16-18H,1,5,15H2,2-3H3/q+1. The molecule has 0 N–H and O–H groups in total. The molecule has 1 aliphatic heterocycles. The van der Waals surface area contributed by atoms with Crippen molar-refractivity contribution in [3.63, 3.8) is 0 Å². The van der Waals surface area contributed by atoms with Crippen molar-refractivity contribution in [1.29, 1.82) is 0 Å². The molecule has 2 aromatic carbocycles. The first-order valence-corrected chi connectivity index (χ1v) is 9.51. The summed E-state index contributed by atoms with van der Waals surface area (Å²) in [6.45, 7) is 9.99. The average Bonchev–Trinajstić information content (AvgIpc) is 2.69. The van der Waals surface area contributed by atoms with Crippen molar-refractivity contribution >= 4 is 28.6 Å². The van der Waals surface area contributed by atoms with Gasteiger partial charge in [0.15, 0.2) is 12.7 Å². The Morgan fingerprint density at radius 1 is 1.07 bits per heavy atom. The predicted octanol–water partition coefficient (Wildman–Crippen LogP) is 5.52. The minimum absolute atomic E-state index is 0.787. The number of anilines is 1. The maximum absolute atomic E-state index is 3.93. The van der Waals surface area contributed by atoms with E-state index in [0.29, 0.717) is 0 Å². The number of allylic oxidation sites excluding steroid dienone is 2. The number of pyridine rings is 1. The summed E-state index contributed by atoms with van der Waals surface area (Å²) in [7, 11) is 0. The average molecular weight is 353 g/mol. The lowest BCUT2D eigenvalue weighted by atomic mass is 10.0. The van der Waals surface area contributed by atoms with Crippen molar-refractivity contribution < 1.29 is 4.57 Å². The van der Waals surface area contributed by atoms with Gasteiger partial charge in [0.05, 0.1) is 5.39 Å². The number of hydrogen-bond donors (Lipinski definition) is 0. The molecule has 2 heterocycles. The Labute approximate surface area is 161 Å². The smallest absolute Gasteiger partial charge is 0.215 e. The van der Waals surface area contributed by atoms with Crippen LogP contribution in [0.4, 0.5) is 5.69 Å². The van der Waals surface area contributed by atoms with Gasteiger partial charge in [-0.2, -0.15) is 4.57 Å². The number of fused-ring (bicyclic) bond motifs is 2. The quantitative estimate of drug-likeness (QED) is 0.443. The highest BCUT2D eigenvalue weighted by molar-refractivity contribution is 5.89. The zero-order valence-corrected chi connectivity index (χ0v) is 16.0. The molecule has 27 heavy (non-hydrogen) atoms. The Morgan fingerprint density at radius 3 is 2.74 bits per heavy atom. The molecule has 0 atom stereocenters. The number of rotatable bonds is 4. The van der Waals surface area contributed by atoms with Crippen LogP contribution in [-0.4, -0.2) is 6.54 Å². The van der Waals surface area contributed by atoms with Crippen LogP contribution in [0.25, 0.3) is 22.9 Å². The molecule has 0 fully saturated rings. The van der Waals surface area contributed by atoms with E-state index in [2.05, 4.69) is 103 Å². The van der Waals surface area contributed by atoms with E-state index >= 15 is 0 Å². The number of hydrogen-bond acceptors (Lipinski definition) is 1. The van der Waals surface area contributed by atoms with Crippen LogP contribution in [-0.2, 0) is 6.54 Å². The van der Waals surface area contributed by atoms with E-state index in [1.165, 1.54) is 39.0 Å². The van der Waals surface area contributed by atoms with Crippen LogP contribution in [0.3, 0.4) is 0 Å². The number of aromatic nitrogens is 1. The third-order valence-corrected chi connectivity index (χ3v) is 5.13. The SMILES string of the molecule is C=CC[n+]1ccc2ccccc2c1C=C1C=Cc2cc(C)ccc2N1CC. The molecule has 3 aromatic rings. The van der Waals surface area contributed by atoms with Crippen molar-refractivity contribution in [2.45, 2.75) is 20.4 Å². The lowest BCUT2D eigenvalue weighted by molar-refractivity contribution is -0.687. The molecule has 0 unspecified atom stereocenters. The molecular weight excluding hydrogens is 328 g/mol. The molecule has 0 saturated carbocycles. The fraction of sp³-hybridized carbons (Fsp3) is 0.160. The fourth-order valence-electron chi connectivity index (χ4n) is 3.82. The first kappa shape index (κ1) is 17.3. The fourth-order valence-corrected chi connectivity index (χ4v) is 3.82. The first-order chi connectivity index (χ1) is 13.2. The second kappa shape index (κ2) is 7.24. The van der Waals surface area contributed by atoms with E-state index in [4.69, 9.17) is 0 Å². The molecule has 0 bridgehead atoms.